The molecule has 0 aliphatic rings. The van der Waals surface area contributed by atoms with Crippen LogP contribution in [0, 0.1) is 11.3 Å². The van der Waals surface area contributed by atoms with Crippen LogP contribution in [-0.2, 0) is 14.3 Å². The molecule has 128 valence electrons. The second-order valence-electron chi connectivity index (χ2n) is 5.15. The topological polar surface area (TPSA) is 97.6 Å². The minimum absolute atomic E-state index is 0.0417. The SMILES string of the molecule is COC(=O)c1cc(OCCNC=O)sc1C#N.COC(C)(C)C. The van der Waals surface area contributed by atoms with E-state index in [0.717, 1.165) is 11.3 Å². The second kappa shape index (κ2) is 10.6. The van der Waals surface area contributed by atoms with Gasteiger partial charge in [-0.1, -0.05) is 11.3 Å². The van der Waals surface area contributed by atoms with Gasteiger partial charge in [0, 0.05) is 13.2 Å². The molecule has 1 aromatic heterocycles. The second-order valence-corrected chi connectivity index (χ2v) is 6.16. The Labute approximate surface area is 140 Å². The van der Waals surface area contributed by atoms with Gasteiger partial charge in [0.1, 0.15) is 17.6 Å². The number of ether oxygens (including phenoxy) is 3. The lowest BCUT2D eigenvalue weighted by atomic mass is 10.2. The summed E-state index contributed by atoms with van der Waals surface area (Å²) in [6.07, 6.45) is 0.568. The van der Waals surface area contributed by atoms with Crippen molar-refractivity contribution in [1.82, 2.24) is 5.32 Å². The Morgan fingerprint density at radius 2 is 2.04 bits per heavy atom. The highest BCUT2D eigenvalue weighted by atomic mass is 32.1. The van der Waals surface area contributed by atoms with Gasteiger partial charge in [-0.15, -0.1) is 0 Å². The molecule has 1 aromatic rings. The van der Waals surface area contributed by atoms with Gasteiger partial charge in [-0.2, -0.15) is 5.26 Å². The monoisotopic (exact) mass is 342 g/mol. The lowest BCUT2D eigenvalue weighted by Gasteiger charge is -2.14. The summed E-state index contributed by atoms with van der Waals surface area (Å²) in [6, 6.07) is 3.35. The maximum atomic E-state index is 11.3. The molecule has 0 saturated heterocycles. The Bertz CT molecular complexity index is 543. The number of carbonyl (C=O) groups is 2. The van der Waals surface area contributed by atoms with Crippen molar-refractivity contribution in [3.05, 3.63) is 16.5 Å². The molecule has 1 N–H and O–H groups in total. The summed E-state index contributed by atoms with van der Waals surface area (Å²) in [5.41, 5.74) is 0.235. The van der Waals surface area contributed by atoms with Gasteiger partial charge in [-0.25, -0.2) is 4.79 Å². The van der Waals surface area contributed by atoms with E-state index in [2.05, 4.69) is 10.1 Å². The fourth-order valence-electron chi connectivity index (χ4n) is 1.05. The molecular formula is C15H22N2O5S. The predicted octanol–water partition coefficient (Wildman–Crippen LogP) is 1.96. The average Bonchev–Trinajstić information content (AvgIpc) is 2.94. The Hall–Kier alpha value is -2.11. The van der Waals surface area contributed by atoms with Crippen LogP contribution in [-0.4, -0.2) is 45.4 Å². The van der Waals surface area contributed by atoms with Crippen molar-refractivity contribution in [2.24, 2.45) is 0 Å². The van der Waals surface area contributed by atoms with Gasteiger partial charge >= 0.3 is 5.97 Å². The first-order chi connectivity index (χ1) is 10.8. The van der Waals surface area contributed by atoms with E-state index in [4.69, 9.17) is 14.7 Å². The van der Waals surface area contributed by atoms with E-state index in [1.807, 2.05) is 26.8 Å². The zero-order chi connectivity index (χ0) is 17.9. The molecule has 0 radical (unpaired) electrons. The predicted molar refractivity (Wildman–Crippen MR) is 86.7 cm³/mol. The largest absolute Gasteiger partial charge is 0.482 e. The minimum Gasteiger partial charge on any atom is -0.482 e. The molecule has 0 unspecified atom stereocenters. The number of esters is 1. The number of thiophene rings is 1. The number of nitriles is 1. The number of hydrogen-bond acceptors (Lipinski definition) is 7. The Kier molecular flexibility index (Phi) is 9.62. The fourth-order valence-corrected chi connectivity index (χ4v) is 1.87. The molecule has 0 aromatic carbocycles. The molecule has 0 bridgehead atoms. The van der Waals surface area contributed by atoms with Crippen molar-refractivity contribution in [2.45, 2.75) is 26.4 Å². The summed E-state index contributed by atoms with van der Waals surface area (Å²) in [4.78, 5) is 21.5. The Morgan fingerprint density at radius 3 is 2.48 bits per heavy atom. The molecule has 1 rings (SSSR count). The van der Waals surface area contributed by atoms with Crippen LogP contribution >= 0.6 is 11.3 Å². The van der Waals surface area contributed by atoms with Crippen molar-refractivity contribution in [2.75, 3.05) is 27.4 Å². The van der Waals surface area contributed by atoms with E-state index in [1.54, 1.807) is 7.11 Å². The highest BCUT2D eigenvalue weighted by Crippen LogP contribution is 2.29. The van der Waals surface area contributed by atoms with E-state index in [-0.39, 0.29) is 22.6 Å². The average molecular weight is 342 g/mol. The molecule has 23 heavy (non-hydrogen) atoms. The van der Waals surface area contributed by atoms with Gasteiger partial charge in [-0.05, 0) is 20.8 Å². The molecule has 1 amide bonds. The van der Waals surface area contributed by atoms with Gasteiger partial charge in [-0.3, -0.25) is 4.79 Å². The molecule has 7 nitrogen and oxygen atoms in total. The van der Waals surface area contributed by atoms with Gasteiger partial charge < -0.3 is 19.5 Å². The third-order valence-corrected chi connectivity index (χ3v) is 3.35. The van der Waals surface area contributed by atoms with Crippen LogP contribution in [0.2, 0.25) is 0 Å². The minimum atomic E-state index is -0.571. The zero-order valence-electron chi connectivity index (χ0n) is 14.0. The van der Waals surface area contributed by atoms with Gasteiger partial charge in [0.15, 0.2) is 5.06 Å². The highest BCUT2D eigenvalue weighted by Gasteiger charge is 2.17. The van der Waals surface area contributed by atoms with Crippen LogP contribution in [0.5, 0.6) is 5.06 Å². The smallest absolute Gasteiger partial charge is 0.340 e. The zero-order valence-corrected chi connectivity index (χ0v) is 14.8. The molecule has 0 fully saturated rings. The summed E-state index contributed by atoms with van der Waals surface area (Å²) in [5, 5.41) is 11.7. The molecule has 0 atom stereocenters. The summed E-state index contributed by atoms with van der Waals surface area (Å²) in [6.45, 7) is 6.69. The molecule has 8 heteroatoms. The third-order valence-electron chi connectivity index (χ3n) is 2.40. The summed E-state index contributed by atoms with van der Waals surface area (Å²) >= 11 is 1.06. The van der Waals surface area contributed by atoms with Gasteiger partial charge in [0.05, 0.1) is 24.8 Å². The quantitative estimate of drug-likeness (QED) is 0.482. The van der Waals surface area contributed by atoms with Crippen LogP contribution in [0.1, 0.15) is 36.0 Å². The van der Waals surface area contributed by atoms with Crippen LogP contribution < -0.4 is 10.1 Å². The van der Waals surface area contributed by atoms with Crippen molar-refractivity contribution in [3.8, 4) is 11.1 Å². The lowest BCUT2D eigenvalue weighted by Crippen LogP contribution is -2.18. The Balaban J connectivity index is 0.000000688. The molecule has 0 spiro atoms. The van der Waals surface area contributed by atoms with E-state index in [0.29, 0.717) is 18.0 Å². The Morgan fingerprint density at radius 1 is 1.43 bits per heavy atom. The molecule has 1 heterocycles. The van der Waals surface area contributed by atoms with Crippen molar-refractivity contribution in [1.29, 1.82) is 5.26 Å². The van der Waals surface area contributed by atoms with Gasteiger partial charge in [0.2, 0.25) is 6.41 Å². The van der Waals surface area contributed by atoms with E-state index in [1.165, 1.54) is 13.2 Å². The maximum absolute atomic E-state index is 11.3. The van der Waals surface area contributed by atoms with Crippen LogP contribution in [0.4, 0.5) is 0 Å². The van der Waals surface area contributed by atoms with Crippen LogP contribution in [0.3, 0.4) is 0 Å². The fraction of sp³-hybridized carbons (Fsp3) is 0.533. The number of amides is 1. The molecule has 0 aliphatic heterocycles. The lowest BCUT2D eigenvalue weighted by molar-refractivity contribution is -0.109. The first-order valence-corrected chi connectivity index (χ1v) is 7.58. The van der Waals surface area contributed by atoms with Crippen molar-refractivity contribution >= 4 is 23.7 Å². The number of nitrogens with one attached hydrogen (secondary N) is 1. The summed E-state index contributed by atoms with van der Waals surface area (Å²) in [5.74, 6) is -0.571. The number of hydrogen-bond donors (Lipinski definition) is 1. The van der Waals surface area contributed by atoms with Crippen LogP contribution in [0.25, 0.3) is 0 Å². The molecule has 0 saturated carbocycles. The standard InChI is InChI=1S/C10H10N2O4S.C5H12O/c1-15-10(14)7-4-9(17-8(7)5-11)16-3-2-12-6-13;1-5(2,3)6-4/h4,6H,2-3H2,1H3,(H,12,13);1-4H3. The molecule has 0 aliphatic carbocycles. The van der Waals surface area contributed by atoms with E-state index < -0.39 is 5.97 Å². The number of nitrogens with zero attached hydrogens (tertiary/aromatic N) is 1. The van der Waals surface area contributed by atoms with Crippen molar-refractivity contribution < 1.29 is 23.8 Å². The van der Waals surface area contributed by atoms with E-state index >= 15 is 0 Å². The maximum Gasteiger partial charge on any atom is 0.340 e. The number of methoxy groups -OCH3 is 2. The highest BCUT2D eigenvalue weighted by molar-refractivity contribution is 7.14. The summed E-state index contributed by atoms with van der Waals surface area (Å²) in [7, 11) is 2.95. The van der Waals surface area contributed by atoms with E-state index in [9.17, 15) is 9.59 Å². The number of carbonyl (C=O) groups excluding carboxylic acids is 2. The van der Waals surface area contributed by atoms with Gasteiger partial charge in [0.25, 0.3) is 0 Å². The van der Waals surface area contributed by atoms with Crippen LogP contribution in [0.15, 0.2) is 6.07 Å². The molecular weight excluding hydrogens is 320 g/mol. The summed E-state index contributed by atoms with van der Waals surface area (Å²) < 4.78 is 14.7. The first-order valence-electron chi connectivity index (χ1n) is 6.76. The first kappa shape index (κ1) is 20.9. The van der Waals surface area contributed by atoms with Crippen molar-refractivity contribution in [3.63, 3.8) is 0 Å². The third kappa shape index (κ3) is 8.80. The normalized spacial score (nSPS) is 9.91. The number of rotatable bonds is 6.